The maximum atomic E-state index is 9.75. The molecule has 1 rings (SSSR count). The van der Waals surface area contributed by atoms with Crippen LogP contribution in [0.5, 0.6) is 0 Å². The molecule has 0 saturated carbocycles. The SMILES string of the molecule is CC(C)[Si](C)(C(C)C)[Si](Cl)([Si](C)(C(C)C)C(C)C)[Si](Cc1ccccc1)([Si](C)(C(C)C)C(C)C)[Si](C)(C(C)C)C(C)C. The van der Waals surface area contributed by atoms with E-state index in [9.17, 15) is 11.1 Å². The van der Waals surface area contributed by atoms with Crippen LogP contribution in [0.15, 0.2) is 30.3 Å². The molecule has 246 valence electrons. The number of hydrogen-bond donors (Lipinski definition) is 0. The second kappa shape index (κ2) is 14.3. The van der Waals surface area contributed by atoms with Gasteiger partial charge >= 0.3 is 0 Å². The highest BCUT2D eigenvalue weighted by molar-refractivity contribution is 8.17. The van der Waals surface area contributed by atoms with Crippen molar-refractivity contribution in [1.29, 1.82) is 0 Å². The Balaban J connectivity index is 5.16. The first-order valence-electron chi connectivity index (χ1n) is 17.6. The van der Waals surface area contributed by atoms with Crippen LogP contribution in [0.2, 0.25) is 70.5 Å². The Morgan fingerprint density at radius 3 is 0.881 bits per heavy atom. The molecule has 0 bridgehead atoms. The van der Waals surface area contributed by atoms with Crippen LogP contribution in [0.25, 0.3) is 0 Å². The van der Waals surface area contributed by atoms with Crippen molar-refractivity contribution < 1.29 is 0 Å². The lowest BCUT2D eigenvalue weighted by molar-refractivity contribution is 0.902. The van der Waals surface area contributed by atoms with Gasteiger partial charge in [-0.05, 0) is 6.04 Å². The van der Waals surface area contributed by atoms with Crippen LogP contribution in [0.4, 0.5) is 0 Å². The Hall–Kier alpha value is 0.811. The molecule has 0 aliphatic rings. The van der Waals surface area contributed by atoms with Gasteiger partial charge in [-0.25, -0.2) is 0 Å². The minimum atomic E-state index is -2.48. The molecule has 0 fully saturated rings. The Morgan fingerprint density at radius 1 is 0.429 bits per heavy atom. The van der Waals surface area contributed by atoms with Crippen LogP contribution >= 0.6 is 11.1 Å². The minimum Gasteiger partial charge on any atom is -0.178 e. The lowest BCUT2D eigenvalue weighted by Crippen LogP contribution is -3.01. The maximum Gasteiger partial charge on any atom is 0.128 e. The second-order valence-corrected chi connectivity index (χ2v) is 81.5. The van der Waals surface area contributed by atoms with Gasteiger partial charge in [-0.2, -0.15) is 11.1 Å². The van der Waals surface area contributed by atoms with Crippen molar-refractivity contribution in [3.63, 3.8) is 0 Å². The maximum absolute atomic E-state index is 9.75. The van der Waals surface area contributed by atoms with Crippen LogP contribution < -0.4 is 0 Å². The van der Waals surface area contributed by atoms with E-state index in [1.165, 1.54) is 6.04 Å². The number of rotatable bonds is 15. The highest BCUT2D eigenvalue weighted by Crippen LogP contribution is 2.64. The lowest BCUT2D eigenvalue weighted by atomic mass is 10.2. The van der Waals surface area contributed by atoms with E-state index in [2.05, 4.69) is 167 Å². The van der Waals surface area contributed by atoms with Gasteiger partial charge < -0.3 is 0 Å². The van der Waals surface area contributed by atoms with E-state index >= 15 is 0 Å². The molecule has 0 N–H and O–H groups in total. The third-order valence-corrected chi connectivity index (χ3v) is 157. The monoisotopic (exact) mass is 698 g/mol. The summed E-state index contributed by atoms with van der Waals surface area (Å²) in [6.07, 6.45) is 0. The van der Waals surface area contributed by atoms with Crippen molar-refractivity contribution in [3.05, 3.63) is 35.9 Å². The van der Waals surface area contributed by atoms with Gasteiger partial charge in [0.05, 0.1) is 21.8 Å². The third-order valence-electron chi connectivity index (χ3n) is 14.8. The summed E-state index contributed by atoms with van der Waals surface area (Å²) in [5.41, 5.74) is 7.47. The molecule has 1 aromatic rings. The molecule has 1 aromatic carbocycles. The van der Waals surface area contributed by atoms with Gasteiger partial charge in [0.15, 0.2) is 0 Å². The largest absolute Gasteiger partial charge is 0.178 e. The molecule has 0 spiro atoms. The molecule has 0 aliphatic carbocycles. The van der Waals surface area contributed by atoms with E-state index in [4.69, 9.17) is 0 Å². The minimum absolute atomic E-state index is 0.712. The second-order valence-electron chi connectivity index (χ2n) is 17.6. The van der Waals surface area contributed by atoms with Gasteiger partial charge in [0, 0.05) is 15.2 Å². The molecule has 42 heavy (non-hydrogen) atoms. The van der Waals surface area contributed by atoms with Crippen molar-refractivity contribution in [1.82, 2.24) is 0 Å². The zero-order valence-corrected chi connectivity index (χ0v) is 38.8. The van der Waals surface area contributed by atoms with Gasteiger partial charge in [-0.15, -0.1) is 0 Å². The summed E-state index contributed by atoms with van der Waals surface area (Å²) in [7, 11) is -7.96. The lowest BCUT2D eigenvalue weighted by Gasteiger charge is -2.75. The highest BCUT2D eigenvalue weighted by Gasteiger charge is 2.83. The summed E-state index contributed by atoms with van der Waals surface area (Å²) in [5, 5.41) is 0. The van der Waals surface area contributed by atoms with Gasteiger partial charge in [0.1, 0.15) is 5.94 Å². The molecular formula is C35H75ClSi6. The van der Waals surface area contributed by atoms with E-state index in [1.807, 2.05) is 0 Å². The predicted octanol–water partition coefficient (Wildman–Crippen LogP) is 13.4. The summed E-state index contributed by atoms with van der Waals surface area (Å²) in [5.74, 6) is -2.48. The van der Waals surface area contributed by atoms with Crippen molar-refractivity contribution in [2.45, 2.75) is 187 Å². The van der Waals surface area contributed by atoms with Crippen molar-refractivity contribution in [2.24, 2.45) is 0 Å². The molecule has 0 radical (unpaired) electrons. The summed E-state index contributed by atoms with van der Waals surface area (Å²) >= 11 is 9.75. The average molecular weight is 700 g/mol. The molecule has 0 saturated heterocycles. The summed E-state index contributed by atoms with van der Waals surface area (Å²) in [6.45, 7) is 52.0. The number of benzene rings is 1. The topological polar surface area (TPSA) is 0 Å². The van der Waals surface area contributed by atoms with Gasteiger partial charge in [-0.1, -0.05) is 217 Å². The predicted molar refractivity (Wildman–Crippen MR) is 215 cm³/mol. The summed E-state index contributed by atoms with van der Waals surface area (Å²) < 4.78 is 0. The van der Waals surface area contributed by atoms with Crippen LogP contribution in [-0.2, 0) is 6.04 Å². The van der Waals surface area contributed by atoms with Crippen molar-refractivity contribution in [3.8, 4) is 0 Å². The van der Waals surface area contributed by atoms with E-state index in [0.717, 1.165) is 22.2 Å². The first-order chi connectivity index (χ1) is 18.9. The van der Waals surface area contributed by atoms with Crippen LogP contribution in [0.3, 0.4) is 0 Å². The normalized spacial score (nSPS) is 15.2. The Bertz CT molecular complexity index is 898. The van der Waals surface area contributed by atoms with Gasteiger partial charge in [-0.3, -0.25) is 0 Å². The van der Waals surface area contributed by atoms with Gasteiger partial charge in [0.25, 0.3) is 0 Å². The van der Waals surface area contributed by atoms with Crippen LogP contribution in [0.1, 0.15) is 116 Å². The average Bonchev–Trinajstić information content (AvgIpc) is 2.88. The molecule has 0 aromatic heterocycles. The molecule has 0 nitrogen and oxygen atoms in total. The summed E-state index contributed by atoms with van der Waals surface area (Å²) in [4.78, 5) is 0. The first kappa shape index (κ1) is 40.8. The summed E-state index contributed by atoms with van der Waals surface area (Å²) in [6, 6.07) is 13.3. The number of halogens is 1. The van der Waals surface area contributed by atoms with E-state index < -0.39 is 42.9 Å². The van der Waals surface area contributed by atoms with E-state index in [-0.39, 0.29) is 0 Å². The Kier molecular flexibility index (Phi) is 13.9. The zero-order valence-electron chi connectivity index (χ0n) is 32.1. The molecule has 0 amide bonds. The zero-order chi connectivity index (χ0) is 33.4. The molecule has 7 heteroatoms. The fourth-order valence-corrected chi connectivity index (χ4v) is 245. The molecule has 0 unspecified atom stereocenters. The smallest absolute Gasteiger partial charge is 0.128 e. The van der Waals surface area contributed by atoms with Gasteiger partial charge in [0.2, 0.25) is 0 Å². The first-order valence-corrected chi connectivity index (χ1v) is 38.4. The fourth-order valence-electron chi connectivity index (χ4n) is 10.5. The van der Waals surface area contributed by atoms with Crippen LogP contribution in [-0.4, -0.2) is 42.9 Å². The Labute approximate surface area is 275 Å². The third kappa shape index (κ3) is 5.67. The standard InChI is InChI=1S/C35H75ClSi6/c1-27(2)37(17,28(3)4)41(26-35-24-22-21-23-25-35,38(18,29(5)6)30(7)8)42(36,39(19,31(9)10)32(11)12)40(20,33(13)14)34(15)16/h21-25,27-34H,26H2,1-20H3. The fraction of sp³-hybridized carbons (Fsp3) is 0.829. The van der Waals surface area contributed by atoms with Crippen molar-refractivity contribution in [2.75, 3.05) is 0 Å². The molecule has 0 heterocycles. The van der Waals surface area contributed by atoms with E-state index in [1.54, 1.807) is 5.56 Å². The molecule has 0 atom stereocenters. The molecular weight excluding hydrogens is 624 g/mol. The Morgan fingerprint density at radius 2 is 0.667 bits per heavy atom. The highest BCUT2D eigenvalue weighted by atomic mass is 35.6. The number of hydrogen-bond acceptors (Lipinski definition) is 0. The molecule has 0 aliphatic heterocycles. The van der Waals surface area contributed by atoms with Crippen LogP contribution in [0, 0.1) is 0 Å². The quantitative estimate of drug-likeness (QED) is 0.126. The van der Waals surface area contributed by atoms with Crippen molar-refractivity contribution >= 4 is 54.0 Å². The van der Waals surface area contributed by atoms with E-state index in [0.29, 0.717) is 22.2 Å².